The van der Waals surface area contributed by atoms with Crippen molar-refractivity contribution >= 4 is 23.3 Å². The quantitative estimate of drug-likeness (QED) is 0.759. The SMILES string of the molecule is CCOC(=O)c1csc(CCOC(C)=O)c1C. The molecule has 0 spiro atoms. The molecule has 0 bridgehead atoms. The molecule has 1 rings (SSSR count). The van der Waals surface area contributed by atoms with Crippen LogP contribution >= 0.6 is 11.3 Å². The Hall–Kier alpha value is -1.36. The number of carbonyl (C=O) groups excluding carboxylic acids is 2. The van der Waals surface area contributed by atoms with Crippen molar-refractivity contribution in [3.63, 3.8) is 0 Å². The number of hydrogen-bond donors (Lipinski definition) is 0. The molecule has 0 saturated heterocycles. The van der Waals surface area contributed by atoms with Gasteiger partial charge in [-0.25, -0.2) is 4.79 Å². The highest BCUT2D eigenvalue weighted by Crippen LogP contribution is 2.23. The molecule has 1 heterocycles. The average molecular weight is 256 g/mol. The van der Waals surface area contributed by atoms with Gasteiger partial charge in [0.2, 0.25) is 0 Å². The van der Waals surface area contributed by atoms with E-state index in [4.69, 9.17) is 9.47 Å². The first kappa shape index (κ1) is 13.7. The summed E-state index contributed by atoms with van der Waals surface area (Å²) in [6.07, 6.45) is 0.634. The Morgan fingerprint density at radius 3 is 2.65 bits per heavy atom. The molecule has 0 radical (unpaired) electrons. The van der Waals surface area contributed by atoms with E-state index in [-0.39, 0.29) is 11.9 Å². The second kappa shape index (κ2) is 6.39. The van der Waals surface area contributed by atoms with Crippen molar-refractivity contribution in [3.8, 4) is 0 Å². The Morgan fingerprint density at radius 2 is 2.06 bits per heavy atom. The molecule has 0 N–H and O–H groups in total. The molecule has 1 aromatic heterocycles. The predicted molar refractivity (Wildman–Crippen MR) is 65.3 cm³/mol. The summed E-state index contributed by atoms with van der Waals surface area (Å²) in [6.45, 7) is 5.76. The number of ether oxygens (including phenoxy) is 2. The van der Waals surface area contributed by atoms with Crippen LogP contribution in [0.3, 0.4) is 0 Å². The minimum absolute atomic E-state index is 0.287. The number of esters is 2. The fourth-order valence-corrected chi connectivity index (χ4v) is 2.42. The highest BCUT2D eigenvalue weighted by Gasteiger charge is 2.15. The van der Waals surface area contributed by atoms with Crippen molar-refractivity contribution in [2.45, 2.75) is 27.2 Å². The maximum Gasteiger partial charge on any atom is 0.339 e. The summed E-state index contributed by atoms with van der Waals surface area (Å²) in [5.41, 5.74) is 1.52. The lowest BCUT2D eigenvalue weighted by atomic mass is 10.1. The van der Waals surface area contributed by atoms with Crippen LogP contribution in [0.5, 0.6) is 0 Å². The van der Waals surface area contributed by atoms with Gasteiger partial charge in [0.05, 0.1) is 18.8 Å². The molecule has 94 valence electrons. The van der Waals surface area contributed by atoms with E-state index in [1.807, 2.05) is 6.92 Å². The third kappa shape index (κ3) is 3.85. The topological polar surface area (TPSA) is 52.6 Å². The van der Waals surface area contributed by atoms with Gasteiger partial charge in [-0.2, -0.15) is 0 Å². The molecule has 0 aliphatic carbocycles. The molecule has 0 unspecified atom stereocenters. The normalized spacial score (nSPS) is 10.1. The van der Waals surface area contributed by atoms with Crippen LogP contribution in [-0.2, 0) is 20.7 Å². The van der Waals surface area contributed by atoms with Crippen LogP contribution in [0.1, 0.15) is 34.6 Å². The molecule has 0 amide bonds. The first-order valence-corrected chi connectivity index (χ1v) is 6.31. The van der Waals surface area contributed by atoms with E-state index in [1.54, 1.807) is 12.3 Å². The number of carbonyl (C=O) groups is 2. The Kier molecular flexibility index (Phi) is 5.15. The van der Waals surface area contributed by atoms with Gasteiger partial charge in [0.25, 0.3) is 0 Å². The van der Waals surface area contributed by atoms with Crippen molar-refractivity contribution in [2.24, 2.45) is 0 Å². The van der Waals surface area contributed by atoms with E-state index in [0.717, 1.165) is 10.4 Å². The van der Waals surface area contributed by atoms with Crippen molar-refractivity contribution in [3.05, 3.63) is 21.4 Å². The first-order valence-electron chi connectivity index (χ1n) is 5.43. The minimum atomic E-state index is -0.292. The molecule has 17 heavy (non-hydrogen) atoms. The van der Waals surface area contributed by atoms with E-state index in [0.29, 0.717) is 25.2 Å². The molecule has 0 aliphatic heterocycles. The fraction of sp³-hybridized carbons (Fsp3) is 0.500. The van der Waals surface area contributed by atoms with Gasteiger partial charge in [-0.05, 0) is 19.4 Å². The molecule has 4 nitrogen and oxygen atoms in total. The molecule has 5 heteroatoms. The third-order valence-corrected chi connectivity index (χ3v) is 3.42. The van der Waals surface area contributed by atoms with E-state index in [2.05, 4.69) is 0 Å². The number of thiophene rings is 1. The average Bonchev–Trinajstić information content (AvgIpc) is 2.60. The molecule has 1 aromatic rings. The molecule has 0 aliphatic rings. The van der Waals surface area contributed by atoms with Gasteiger partial charge in [-0.1, -0.05) is 0 Å². The Morgan fingerprint density at radius 1 is 1.35 bits per heavy atom. The highest BCUT2D eigenvalue weighted by atomic mass is 32.1. The monoisotopic (exact) mass is 256 g/mol. The van der Waals surface area contributed by atoms with E-state index in [9.17, 15) is 9.59 Å². The zero-order chi connectivity index (χ0) is 12.8. The second-order valence-electron chi connectivity index (χ2n) is 3.51. The van der Waals surface area contributed by atoms with Gasteiger partial charge >= 0.3 is 11.9 Å². The zero-order valence-electron chi connectivity index (χ0n) is 10.2. The lowest BCUT2D eigenvalue weighted by molar-refractivity contribution is -0.140. The van der Waals surface area contributed by atoms with Crippen LogP contribution in [0, 0.1) is 6.92 Å². The van der Waals surface area contributed by atoms with Gasteiger partial charge in [-0.15, -0.1) is 11.3 Å². The number of rotatable bonds is 5. The summed E-state index contributed by atoms with van der Waals surface area (Å²) in [4.78, 5) is 23.2. The molecule has 0 aromatic carbocycles. The lowest BCUT2D eigenvalue weighted by Crippen LogP contribution is -2.06. The van der Waals surface area contributed by atoms with Crippen LogP contribution in [0.2, 0.25) is 0 Å². The van der Waals surface area contributed by atoms with Gasteiger partial charge in [-0.3, -0.25) is 4.79 Å². The second-order valence-corrected chi connectivity index (χ2v) is 4.47. The highest BCUT2D eigenvalue weighted by molar-refractivity contribution is 7.10. The Labute approximate surface area is 105 Å². The van der Waals surface area contributed by atoms with E-state index < -0.39 is 0 Å². The Balaban J connectivity index is 2.63. The predicted octanol–water partition coefficient (Wildman–Crippen LogP) is 2.34. The zero-order valence-corrected chi connectivity index (χ0v) is 11.1. The summed E-state index contributed by atoms with van der Waals surface area (Å²) in [6, 6.07) is 0. The third-order valence-electron chi connectivity index (χ3n) is 2.27. The van der Waals surface area contributed by atoms with Crippen molar-refractivity contribution < 1.29 is 19.1 Å². The standard InChI is InChI=1S/C12H16O4S/c1-4-15-12(14)10-7-17-11(8(10)2)5-6-16-9(3)13/h7H,4-6H2,1-3H3. The van der Waals surface area contributed by atoms with Gasteiger partial charge in [0.1, 0.15) is 0 Å². The maximum absolute atomic E-state index is 11.6. The first-order chi connectivity index (χ1) is 8.06. The number of hydrogen-bond acceptors (Lipinski definition) is 5. The molecular weight excluding hydrogens is 240 g/mol. The summed E-state index contributed by atoms with van der Waals surface area (Å²) >= 11 is 1.49. The summed E-state index contributed by atoms with van der Waals surface area (Å²) in [5, 5.41) is 1.79. The van der Waals surface area contributed by atoms with Gasteiger partial charge < -0.3 is 9.47 Å². The van der Waals surface area contributed by atoms with Crippen molar-refractivity contribution in [1.29, 1.82) is 0 Å². The van der Waals surface area contributed by atoms with E-state index in [1.165, 1.54) is 18.3 Å². The van der Waals surface area contributed by atoms with Crippen LogP contribution in [0.15, 0.2) is 5.38 Å². The summed E-state index contributed by atoms with van der Waals surface area (Å²) in [7, 11) is 0. The summed E-state index contributed by atoms with van der Waals surface area (Å²) in [5.74, 6) is -0.579. The molecule has 0 atom stereocenters. The van der Waals surface area contributed by atoms with E-state index >= 15 is 0 Å². The van der Waals surface area contributed by atoms with Gasteiger partial charge in [0.15, 0.2) is 0 Å². The molecule has 0 fully saturated rings. The maximum atomic E-state index is 11.6. The molecular formula is C12H16O4S. The largest absolute Gasteiger partial charge is 0.465 e. The summed E-state index contributed by atoms with van der Waals surface area (Å²) < 4.78 is 9.82. The van der Waals surface area contributed by atoms with Crippen molar-refractivity contribution in [1.82, 2.24) is 0 Å². The molecule has 0 saturated carbocycles. The van der Waals surface area contributed by atoms with Gasteiger partial charge in [0, 0.05) is 23.6 Å². The van der Waals surface area contributed by atoms with Crippen LogP contribution in [0.4, 0.5) is 0 Å². The Bertz CT molecular complexity index is 409. The van der Waals surface area contributed by atoms with Crippen LogP contribution in [-0.4, -0.2) is 25.2 Å². The minimum Gasteiger partial charge on any atom is -0.465 e. The lowest BCUT2D eigenvalue weighted by Gasteiger charge is -2.03. The van der Waals surface area contributed by atoms with Crippen molar-refractivity contribution in [2.75, 3.05) is 13.2 Å². The fourth-order valence-electron chi connectivity index (χ4n) is 1.40. The smallest absolute Gasteiger partial charge is 0.339 e. The van der Waals surface area contributed by atoms with Crippen LogP contribution < -0.4 is 0 Å². The van der Waals surface area contributed by atoms with Crippen LogP contribution in [0.25, 0.3) is 0 Å².